The summed E-state index contributed by atoms with van der Waals surface area (Å²) in [7, 11) is 2.59. The van der Waals surface area contributed by atoms with Gasteiger partial charge in [-0.25, -0.2) is 5.06 Å². The molecule has 2 heterocycles. The second-order valence-electron chi connectivity index (χ2n) is 7.50. The van der Waals surface area contributed by atoms with Gasteiger partial charge >= 0.3 is 0 Å². The number of carbonyl (C=O) groups excluding carboxylic acids is 1. The topological polar surface area (TPSA) is 91.8 Å². The first kappa shape index (κ1) is 24.2. The number of benzene rings is 1. The molecular formula is C21H28N4O5S2. The minimum absolute atomic E-state index is 0.0857. The molecule has 3 rings (SSSR count). The molecule has 0 unspecified atom stereocenters. The van der Waals surface area contributed by atoms with Crippen molar-refractivity contribution in [2.75, 3.05) is 59.5 Å². The zero-order chi connectivity index (χ0) is 23.5. The molecule has 0 atom stereocenters. The molecule has 2 aromatic rings. The second kappa shape index (κ2) is 9.99. The van der Waals surface area contributed by atoms with E-state index in [1.807, 2.05) is 6.92 Å². The average molecular weight is 481 g/mol. The summed E-state index contributed by atoms with van der Waals surface area (Å²) in [4.78, 5) is 22.6. The van der Waals surface area contributed by atoms with Gasteiger partial charge in [0.1, 0.15) is 11.2 Å². The van der Waals surface area contributed by atoms with E-state index in [0.29, 0.717) is 18.1 Å². The Morgan fingerprint density at radius 1 is 1.19 bits per heavy atom. The minimum Gasteiger partial charge on any atom is -0.378 e. The number of rotatable bonds is 7. The molecule has 0 aliphatic carbocycles. The van der Waals surface area contributed by atoms with Gasteiger partial charge in [0.05, 0.1) is 30.2 Å². The van der Waals surface area contributed by atoms with E-state index in [2.05, 4.69) is 9.30 Å². The molecule has 9 nitrogen and oxygen atoms in total. The van der Waals surface area contributed by atoms with Crippen LogP contribution in [0, 0.1) is 6.92 Å². The highest BCUT2D eigenvalue weighted by Gasteiger charge is 2.27. The van der Waals surface area contributed by atoms with E-state index in [1.165, 1.54) is 42.0 Å². The van der Waals surface area contributed by atoms with Crippen molar-refractivity contribution in [1.29, 1.82) is 0 Å². The van der Waals surface area contributed by atoms with Crippen LogP contribution in [0.1, 0.15) is 15.2 Å². The standard InChI is InChI=1S/C21H28N4O5S2/c1-15-18(16-6-8-17(9-7-16)32(27,28)22-14-23(2)3)19(20(26)24(4)29-5)31-21(15)25-10-12-30-13-11-25/h6-9,14H,10-13H2,1-5H3/b22-14+. The monoisotopic (exact) mass is 480 g/mol. The van der Waals surface area contributed by atoms with Gasteiger partial charge in [0.25, 0.3) is 15.9 Å². The highest BCUT2D eigenvalue weighted by atomic mass is 32.2. The van der Waals surface area contributed by atoms with Crippen molar-refractivity contribution in [2.45, 2.75) is 11.8 Å². The first-order valence-corrected chi connectivity index (χ1v) is 12.3. The average Bonchev–Trinajstić information content (AvgIpc) is 3.14. The molecule has 174 valence electrons. The SMILES string of the molecule is CON(C)C(=O)c1sc(N2CCOCC2)c(C)c1-c1ccc(S(=O)(=O)/N=C/N(C)C)cc1. The Morgan fingerprint density at radius 2 is 1.81 bits per heavy atom. The van der Waals surface area contributed by atoms with Crippen LogP contribution in [-0.4, -0.2) is 85.2 Å². The first-order chi connectivity index (χ1) is 15.2. The predicted octanol–water partition coefficient (Wildman–Crippen LogP) is 2.47. The van der Waals surface area contributed by atoms with Crippen LogP contribution in [0.4, 0.5) is 5.00 Å². The molecule has 1 fully saturated rings. The highest BCUT2D eigenvalue weighted by Crippen LogP contribution is 2.42. The van der Waals surface area contributed by atoms with E-state index in [0.717, 1.165) is 34.8 Å². The molecule has 0 radical (unpaired) electrons. The Balaban J connectivity index is 2.05. The van der Waals surface area contributed by atoms with Crippen LogP contribution in [0.5, 0.6) is 0 Å². The first-order valence-electron chi connectivity index (χ1n) is 10.0. The van der Waals surface area contributed by atoms with E-state index in [9.17, 15) is 13.2 Å². The third-order valence-corrected chi connectivity index (χ3v) is 7.61. The van der Waals surface area contributed by atoms with Crippen LogP contribution in [-0.2, 0) is 19.6 Å². The van der Waals surface area contributed by atoms with Gasteiger partial charge in [-0.3, -0.25) is 9.63 Å². The number of amides is 1. The van der Waals surface area contributed by atoms with Crippen molar-refractivity contribution >= 4 is 38.6 Å². The normalized spacial score (nSPS) is 14.7. The molecule has 1 saturated heterocycles. The molecule has 32 heavy (non-hydrogen) atoms. The molecule has 1 aromatic carbocycles. The van der Waals surface area contributed by atoms with Crippen molar-refractivity contribution in [3.8, 4) is 11.1 Å². The maximum absolute atomic E-state index is 13.0. The summed E-state index contributed by atoms with van der Waals surface area (Å²) < 4.78 is 34.0. The fourth-order valence-electron chi connectivity index (χ4n) is 3.30. The number of nitrogens with zero attached hydrogens (tertiary/aromatic N) is 4. The highest BCUT2D eigenvalue weighted by molar-refractivity contribution is 7.90. The number of thiophene rings is 1. The lowest BCUT2D eigenvalue weighted by molar-refractivity contribution is -0.0753. The van der Waals surface area contributed by atoms with Crippen LogP contribution in [0.15, 0.2) is 33.6 Å². The fraction of sp³-hybridized carbons (Fsp3) is 0.429. The van der Waals surface area contributed by atoms with Crippen molar-refractivity contribution < 1.29 is 22.8 Å². The smallest absolute Gasteiger partial charge is 0.287 e. The van der Waals surface area contributed by atoms with Gasteiger partial charge in [-0.2, -0.15) is 8.42 Å². The molecule has 1 aliphatic heterocycles. The van der Waals surface area contributed by atoms with E-state index < -0.39 is 10.0 Å². The maximum atomic E-state index is 13.0. The number of sulfonamides is 1. The number of anilines is 1. The second-order valence-corrected chi connectivity index (χ2v) is 10.1. The van der Waals surface area contributed by atoms with Gasteiger partial charge in [-0.1, -0.05) is 12.1 Å². The summed E-state index contributed by atoms with van der Waals surface area (Å²) in [6, 6.07) is 6.44. The largest absolute Gasteiger partial charge is 0.378 e. The van der Waals surface area contributed by atoms with Crippen molar-refractivity contribution in [3.63, 3.8) is 0 Å². The molecule has 1 aliphatic rings. The summed E-state index contributed by atoms with van der Waals surface area (Å²) in [5, 5.41) is 2.19. The van der Waals surface area contributed by atoms with E-state index in [1.54, 1.807) is 38.2 Å². The van der Waals surface area contributed by atoms with Crippen LogP contribution in [0.25, 0.3) is 11.1 Å². The van der Waals surface area contributed by atoms with Crippen molar-refractivity contribution in [2.24, 2.45) is 4.40 Å². The molecule has 0 spiro atoms. The number of ether oxygens (including phenoxy) is 1. The Labute approximate surface area is 192 Å². The van der Waals surface area contributed by atoms with Gasteiger partial charge in [-0.15, -0.1) is 15.7 Å². The summed E-state index contributed by atoms with van der Waals surface area (Å²) >= 11 is 1.41. The van der Waals surface area contributed by atoms with E-state index >= 15 is 0 Å². The number of hydrogen-bond acceptors (Lipinski definition) is 7. The van der Waals surface area contributed by atoms with Gasteiger partial charge in [0.15, 0.2) is 0 Å². The molecule has 11 heteroatoms. The van der Waals surface area contributed by atoms with Gasteiger partial charge in [0.2, 0.25) is 0 Å². The van der Waals surface area contributed by atoms with Gasteiger partial charge in [-0.05, 0) is 30.2 Å². The third kappa shape index (κ3) is 5.12. The maximum Gasteiger partial charge on any atom is 0.287 e. The quantitative estimate of drug-likeness (QED) is 0.342. The summed E-state index contributed by atoms with van der Waals surface area (Å²) in [6.45, 7) is 4.74. The van der Waals surface area contributed by atoms with E-state index in [4.69, 9.17) is 9.57 Å². The minimum atomic E-state index is -3.81. The molecule has 0 saturated carbocycles. The van der Waals surface area contributed by atoms with E-state index in [-0.39, 0.29) is 10.8 Å². The van der Waals surface area contributed by atoms with Crippen LogP contribution in [0.3, 0.4) is 0 Å². The lowest BCUT2D eigenvalue weighted by Crippen LogP contribution is -2.36. The third-order valence-electron chi connectivity index (χ3n) is 5.03. The van der Waals surface area contributed by atoms with Crippen LogP contribution >= 0.6 is 11.3 Å². The molecule has 0 N–H and O–H groups in total. The Bertz CT molecular complexity index is 1090. The number of morpholine rings is 1. The Kier molecular flexibility index (Phi) is 7.55. The molecular weight excluding hydrogens is 452 g/mol. The number of hydrogen-bond donors (Lipinski definition) is 0. The molecule has 1 amide bonds. The summed E-state index contributed by atoms with van der Waals surface area (Å²) in [5.74, 6) is -0.262. The van der Waals surface area contributed by atoms with Gasteiger partial charge < -0.3 is 14.5 Å². The van der Waals surface area contributed by atoms with Crippen molar-refractivity contribution in [3.05, 3.63) is 34.7 Å². The zero-order valence-electron chi connectivity index (χ0n) is 18.9. The fourth-order valence-corrected chi connectivity index (χ4v) is 5.57. The zero-order valence-corrected chi connectivity index (χ0v) is 20.5. The lowest BCUT2D eigenvalue weighted by atomic mass is 10.0. The van der Waals surface area contributed by atoms with Crippen LogP contribution < -0.4 is 4.90 Å². The van der Waals surface area contributed by atoms with Crippen molar-refractivity contribution in [1.82, 2.24) is 9.96 Å². The van der Waals surface area contributed by atoms with Gasteiger partial charge in [0, 0.05) is 39.8 Å². The van der Waals surface area contributed by atoms with Crippen LogP contribution in [0.2, 0.25) is 0 Å². The lowest BCUT2D eigenvalue weighted by Gasteiger charge is -2.28. The summed E-state index contributed by atoms with van der Waals surface area (Å²) in [5.41, 5.74) is 2.48. The predicted molar refractivity (Wildman–Crippen MR) is 126 cm³/mol. The molecule has 0 bridgehead atoms. The Morgan fingerprint density at radius 3 is 2.38 bits per heavy atom. The number of carbonyl (C=O) groups is 1. The Hall–Kier alpha value is -2.47. The molecule has 1 aromatic heterocycles. The summed E-state index contributed by atoms with van der Waals surface area (Å²) in [6.07, 6.45) is 1.25. The number of hydroxylamine groups is 2.